The number of carboxylic acids is 1. The number of nitrogens with one attached hydrogen (secondary N) is 1. The van der Waals surface area contributed by atoms with Gasteiger partial charge in [-0.3, -0.25) is 9.59 Å². The van der Waals surface area contributed by atoms with Gasteiger partial charge in [0.05, 0.1) is 11.8 Å². The fraction of sp³-hybridized carbons (Fsp3) is 0.429. The molecule has 0 heterocycles. The lowest BCUT2D eigenvalue weighted by molar-refractivity contribution is -0.146. The van der Waals surface area contributed by atoms with Gasteiger partial charge in [0.25, 0.3) is 0 Å². The highest BCUT2D eigenvalue weighted by molar-refractivity contribution is 9.10. The molecule has 108 valence electrons. The van der Waals surface area contributed by atoms with Crippen LogP contribution in [-0.4, -0.2) is 17.0 Å². The second-order valence-electron chi connectivity index (χ2n) is 4.94. The van der Waals surface area contributed by atoms with Crippen molar-refractivity contribution in [3.8, 4) is 0 Å². The highest BCUT2D eigenvalue weighted by Crippen LogP contribution is 2.32. The van der Waals surface area contributed by atoms with E-state index in [1.54, 1.807) is 12.1 Å². The number of carboxylic acid groups (broad SMARTS) is 1. The minimum absolute atomic E-state index is 0.0702. The van der Waals surface area contributed by atoms with Gasteiger partial charge < -0.3 is 10.4 Å². The van der Waals surface area contributed by atoms with Crippen LogP contribution in [0.15, 0.2) is 22.7 Å². The molecule has 1 amide bonds. The van der Waals surface area contributed by atoms with E-state index in [9.17, 15) is 14.0 Å². The number of hydrogen-bond donors (Lipinski definition) is 2. The van der Waals surface area contributed by atoms with Crippen molar-refractivity contribution in [2.45, 2.75) is 25.8 Å². The van der Waals surface area contributed by atoms with Crippen molar-refractivity contribution in [3.05, 3.63) is 34.1 Å². The molecule has 0 aromatic heterocycles. The number of carbonyl (C=O) groups excluding carboxylic acids is 1. The summed E-state index contributed by atoms with van der Waals surface area (Å²) in [6.07, 6.45) is 1.84. The Labute approximate surface area is 124 Å². The molecule has 0 aliphatic heterocycles. The maximum Gasteiger partial charge on any atom is 0.307 e. The highest BCUT2D eigenvalue weighted by atomic mass is 79.9. The van der Waals surface area contributed by atoms with Gasteiger partial charge in [0, 0.05) is 16.6 Å². The van der Waals surface area contributed by atoms with E-state index in [1.807, 2.05) is 0 Å². The lowest BCUT2D eigenvalue weighted by Crippen LogP contribution is -2.35. The number of rotatable bonds is 4. The molecule has 0 radical (unpaired) electrons. The van der Waals surface area contributed by atoms with Crippen molar-refractivity contribution in [2.75, 3.05) is 0 Å². The van der Waals surface area contributed by atoms with Crippen LogP contribution in [0.4, 0.5) is 4.39 Å². The molecule has 2 atom stereocenters. The van der Waals surface area contributed by atoms with Gasteiger partial charge in [-0.25, -0.2) is 4.39 Å². The van der Waals surface area contributed by atoms with E-state index >= 15 is 0 Å². The summed E-state index contributed by atoms with van der Waals surface area (Å²) in [7, 11) is 0. The molecule has 1 aromatic carbocycles. The predicted octanol–water partition coefficient (Wildman–Crippen LogP) is 2.71. The van der Waals surface area contributed by atoms with E-state index in [1.165, 1.54) is 6.07 Å². The zero-order valence-electron chi connectivity index (χ0n) is 10.7. The lowest BCUT2D eigenvalue weighted by Gasteiger charge is -2.15. The molecular weight excluding hydrogens is 329 g/mol. The Morgan fingerprint density at radius 1 is 1.35 bits per heavy atom. The Morgan fingerprint density at radius 2 is 2.05 bits per heavy atom. The van der Waals surface area contributed by atoms with E-state index in [2.05, 4.69) is 21.2 Å². The predicted molar refractivity (Wildman–Crippen MR) is 74.4 cm³/mol. The largest absolute Gasteiger partial charge is 0.481 e. The highest BCUT2D eigenvalue weighted by Gasteiger charge is 2.37. The van der Waals surface area contributed by atoms with Crippen molar-refractivity contribution in [1.29, 1.82) is 0 Å². The van der Waals surface area contributed by atoms with Gasteiger partial charge >= 0.3 is 5.97 Å². The summed E-state index contributed by atoms with van der Waals surface area (Å²) < 4.78 is 14.2. The van der Waals surface area contributed by atoms with Crippen molar-refractivity contribution in [1.82, 2.24) is 5.32 Å². The molecule has 1 fully saturated rings. The monoisotopic (exact) mass is 343 g/mol. The van der Waals surface area contributed by atoms with Crippen LogP contribution >= 0.6 is 15.9 Å². The standard InChI is InChI=1S/C14H15BrFNO3/c15-9-5-4-8(12(16)6-9)7-17-13(18)10-2-1-3-11(10)14(19)20/h4-6,10-11H,1-3,7H2,(H,17,18)(H,19,20)/t10-,11+/m0/s1. The van der Waals surface area contributed by atoms with Gasteiger partial charge in [0.1, 0.15) is 5.82 Å². The van der Waals surface area contributed by atoms with E-state index in [-0.39, 0.29) is 12.5 Å². The second-order valence-corrected chi connectivity index (χ2v) is 5.85. The first kappa shape index (κ1) is 15.0. The molecule has 2 rings (SSSR count). The molecule has 0 spiro atoms. The van der Waals surface area contributed by atoms with E-state index < -0.39 is 23.6 Å². The van der Waals surface area contributed by atoms with Crippen molar-refractivity contribution < 1.29 is 19.1 Å². The second kappa shape index (κ2) is 6.35. The summed E-state index contributed by atoms with van der Waals surface area (Å²) >= 11 is 3.16. The van der Waals surface area contributed by atoms with Crippen LogP contribution in [0.2, 0.25) is 0 Å². The third-order valence-electron chi connectivity index (χ3n) is 3.64. The Balaban J connectivity index is 1.96. The summed E-state index contributed by atoms with van der Waals surface area (Å²) in [5.74, 6) is -2.77. The maximum atomic E-state index is 13.6. The van der Waals surface area contributed by atoms with Gasteiger partial charge in [-0.05, 0) is 25.0 Å². The summed E-state index contributed by atoms with van der Waals surface area (Å²) in [5, 5.41) is 11.7. The number of halogens is 2. The molecule has 2 N–H and O–H groups in total. The molecule has 6 heteroatoms. The summed E-state index contributed by atoms with van der Waals surface area (Å²) in [6, 6.07) is 4.61. The van der Waals surface area contributed by atoms with Crippen LogP contribution in [0.3, 0.4) is 0 Å². The van der Waals surface area contributed by atoms with Gasteiger partial charge in [-0.15, -0.1) is 0 Å². The molecule has 1 saturated carbocycles. The molecule has 20 heavy (non-hydrogen) atoms. The first-order chi connectivity index (χ1) is 9.49. The first-order valence-corrected chi connectivity index (χ1v) is 7.23. The third-order valence-corrected chi connectivity index (χ3v) is 4.13. The fourth-order valence-electron chi connectivity index (χ4n) is 2.55. The fourth-order valence-corrected chi connectivity index (χ4v) is 2.88. The Morgan fingerprint density at radius 3 is 2.70 bits per heavy atom. The molecule has 1 aliphatic rings. The Bertz CT molecular complexity index is 535. The minimum Gasteiger partial charge on any atom is -0.481 e. The van der Waals surface area contributed by atoms with Crippen LogP contribution in [0, 0.1) is 17.7 Å². The molecule has 0 bridgehead atoms. The van der Waals surface area contributed by atoms with Gasteiger partial charge in [0.2, 0.25) is 5.91 Å². The number of benzene rings is 1. The van der Waals surface area contributed by atoms with E-state index in [0.29, 0.717) is 22.9 Å². The zero-order valence-corrected chi connectivity index (χ0v) is 12.3. The summed E-state index contributed by atoms with van der Waals surface area (Å²) in [5.41, 5.74) is 0.381. The number of carbonyl (C=O) groups is 2. The minimum atomic E-state index is -0.933. The van der Waals surface area contributed by atoms with Crippen LogP contribution < -0.4 is 5.32 Å². The van der Waals surface area contributed by atoms with Crippen molar-refractivity contribution >= 4 is 27.8 Å². The number of hydrogen-bond acceptors (Lipinski definition) is 2. The SMILES string of the molecule is O=C(NCc1ccc(Br)cc1F)[C@H]1CCC[C@H]1C(=O)O. The smallest absolute Gasteiger partial charge is 0.307 e. The maximum absolute atomic E-state index is 13.6. The van der Waals surface area contributed by atoms with Crippen molar-refractivity contribution in [2.24, 2.45) is 11.8 Å². The zero-order chi connectivity index (χ0) is 14.7. The van der Waals surface area contributed by atoms with Crippen LogP contribution in [0.25, 0.3) is 0 Å². The summed E-state index contributed by atoms with van der Waals surface area (Å²) in [4.78, 5) is 23.0. The van der Waals surface area contributed by atoms with Crippen LogP contribution in [0.5, 0.6) is 0 Å². The average Bonchev–Trinajstić information content (AvgIpc) is 2.86. The first-order valence-electron chi connectivity index (χ1n) is 6.43. The Kier molecular flexibility index (Phi) is 4.75. The lowest BCUT2D eigenvalue weighted by atomic mass is 9.95. The topological polar surface area (TPSA) is 66.4 Å². The summed E-state index contributed by atoms with van der Waals surface area (Å²) in [6.45, 7) is 0.0702. The molecule has 1 aliphatic carbocycles. The molecule has 1 aromatic rings. The van der Waals surface area contributed by atoms with Gasteiger partial charge in [-0.1, -0.05) is 28.4 Å². The molecule has 0 saturated heterocycles. The quantitative estimate of drug-likeness (QED) is 0.883. The van der Waals surface area contributed by atoms with E-state index in [0.717, 1.165) is 6.42 Å². The van der Waals surface area contributed by atoms with Crippen LogP contribution in [-0.2, 0) is 16.1 Å². The Hall–Kier alpha value is -1.43. The normalized spacial score (nSPS) is 21.7. The van der Waals surface area contributed by atoms with Gasteiger partial charge in [0.15, 0.2) is 0 Å². The average molecular weight is 344 g/mol. The molecule has 4 nitrogen and oxygen atoms in total. The van der Waals surface area contributed by atoms with Crippen molar-refractivity contribution in [3.63, 3.8) is 0 Å². The van der Waals surface area contributed by atoms with Gasteiger partial charge in [-0.2, -0.15) is 0 Å². The molecular formula is C14H15BrFNO3. The third kappa shape index (κ3) is 3.36. The van der Waals surface area contributed by atoms with E-state index in [4.69, 9.17) is 5.11 Å². The number of aliphatic carboxylic acids is 1. The number of amides is 1. The van der Waals surface area contributed by atoms with Crippen LogP contribution in [0.1, 0.15) is 24.8 Å². The molecule has 0 unspecified atom stereocenters.